The van der Waals surface area contributed by atoms with Crippen molar-refractivity contribution >= 4 is 34.0 Å². The van der Waals surface area contributed by atoms with Crippen LogP contribution in [-0.2, 0) is 9.59 Å². The molecule has 0 unspecified atom stereocenters. The number of carbonyl (C=O) groups is 2. The molecule has 30 heavy (non-hydrogen) atoms. The maximum atomic E-state index is 12.6. The summed E-state index contributed by atoms with van der Waals surface area (Å²) in [7, 11) is 0. The molecule has 0 spiro atoms. The van der Waals surface area contributed by atoms with E-state index in [9.17, 15) is 9.59 Å². The van der Waals surface area contributed by atoms with Gasteiger partial charge in [0.1, 0.15) is 17.2 Å². The number of anilines is 1. The number of aromatic amines is 1. The Morgan fingerprint density at radius 3 is 2.40 bits per heavy atom. The summed E-state index contributed by atoms with van der Waals surface area (Å²) < 4.78 is 5.86. The molecule has 1 aliphatic heterocycles. The fraction of sp³-hybridized carbons (Fsp3) is 0. The van der Waals surface area contributed by atoms with Crippen molar-refractivity contribution < 1.29 is 14.3 Å². The number of hydrogen-bond donors (Lipinski definition) is 3. The Morgan fingerprint density at radius 1 is 0.767 bits per heavy atom. The zero-order valence-electron chi connectivity index (χ0n) is 15.8. The topological polar surface area (TPSA) is 83.2 Å². The van der Waals surface area contributed by atoms with Gasteiger partial charge in [0.25, 0.3) is 11.8 Å². The van der Waals surface area contributed by atoms with E-state index in [1.807, 2.05) is 72.8 Å². The zero-order valence-corrected chi connectivity index (χ0v) is 15.8. The van der Waals surface area contributed by atoms with E-state index in [-0.39, 0.29) is 5.70 Å². The number of rotatable bonds is 5. The SMILES string of the molecule is O=C1NC(=O)C(c2c[nH]c3ccccc23)=C1Nc1cccc(Oc2ccccc2)c1. The molecule has 6 nitrogen and oxygen atoms in total. The van der Waals surface area contributed by atoms with E-state index in [1.165, 1.54) is 0 Å². The van der Waals surface area contributed by atoms with Crippen LogP contribution in [0.2, 0.25) is 0 Å². The van der Waals surface area contributed by atoms with Gasteiger partial charge in [-0.2, -0.15) is 0 Å². The van der Waals surface area contributed by atoms with Crippen LogP contribution >= 0.6 is 0 Å². The van der Waals surface area contributed by atoms with Crippen LogP contribution in [0.5, 0.6) is 11.5 Å². The minimum absolute atomic E-state index is 0.210. The summed E-state index contributed by atoms with van der Waals surface area (Å²) in [5.41, 5.74) is 2.73. The Kier molecular flexibility index (Phi) is 4.29. The van der Waals surface area contributed by atoms with Crippen LogP contribution in [0.1, 0.15) is 5.56 Å². The number of aromatic nitrogens is 1. The number of H-pyrrole nitrogens is 1. The standard InChI is InChI=1S/C24H17N3O3/c28-23-21(19-14-25-20-12-5-4-11-18(19)20)22(24(29)27-23)26-15-7-6-10-17(13-15)30-16-8-2-1-3-9-16/h1-14,25H,(H2,26,27,28,29). The van der Waals surface area contributed by atoms with Crippen LogP contribution in [-0.4, -0.2) is 16.8 Å². The van der Waals surface area contributed by atoms with Gasteiger partial charge in [-0.25, -0.2) is 0 Å². The molecule has 0 bridgehead atoms. The Labute approximate surface area is 172 Å². The molecule has 0 saturated heterocycles. The minimum atomic E-state index is -0.463. The first-order valence-corrected chi connectivity index (χ1v) is 9.45. The van der Waals surface area contributed by atoms with Crippen molar-refractivity contribution in [3.63, 3.8) is 0 Å². The summed E-state index contributed by atoms with van der Waals surface area (Å²) in [5, 5.41) is 6.36. The molecule has 0 aliphatic carbocycles. The lowest BCUT2D eigenvalue weighted by molar-refractivity contribution is -0.123. The van der Waals surface area contributed by atoms with Crippen molar-refractivity contribution in [2.24, 2.45) is 0 Å². The second-order valence-corrected chi connectivity index (χ2v) is 6.85. The van der Waals surface area contributed by atoms with Crippen LogP contribution in [0.15, 0.2) is 90.8 Å². The molecule has 6 heteroatoms. The first-order valence-electron chi connectivity index (χ1n) is 9.45. The van der Waals surface area contributed by atoms with Crippen molar-refractivity contribution in [2.45, 2.75) is 0 Å². The van der Waals surface area contributed by atoms with Crippen molar-refractivity contribution in [1.82, 2.24) is 10.3 Å². The lowest BCUT2D eigenvalue weighted by atomic mass is 10.0. The van der Waals surface area contributed by atoms with E-state index in [2.05, 4.69) is 15.6 Å². The highest BCUT2D eigenvalue weighted by Crippen LogP contribution is 2.32. The average Bonchev–Trinajstić information content (AvgIpc) is 3.29. The molecule has 2 heterocycles. The van der Waals surface area contributed by atoms with E-state index in [0.29, 0.717) is 28.3 Å². The van der Waals surface area contributed by atoms with E-state index in [4.69, 9.17) is 4.74 Å². The molecule has 2 amide bonds. The predicted octanol–water partition coefficient (Wildman–Crippen LogP) is 4.44. The highest BCUT2D eigenvalue weighted by Gasteiger charge is 2.32. The predicted molar refractivity (Wildman–Crippen MR) is 115 cm³/mol. The Hall–Kier alpha value is -4.32. The molecule has 4 aromatic rings. The van der Waals surface area contributed by atoms with E-state index in [1.54, 1.807) is 12.3 Å². The van der Waals surface area contributed by atoms with Crippen molar-refractivity contribution in [2.75, 3.05) is 5.32 Å². The maximum Gasteiger partial charge on any atom is 0.275 e. The number of hydrogen-bond acceptors (Lipinski definition) is 4. The lowest BCUT2D eigenvalue weighted by Gasteiger charge is -2.10. The van der Waals surface area contributed by atoms with Gasteiger partial charge in [-0.1, -0.05) is 42.5 Å². The summed E-state index contributed by atoms with van der Waals surface area (Å²) in [6.07, 6.45) is 1.74. The molecule has 146 valence electrons. The summed E-state index contributed by atoms with van der Waals surface area (Å²) in [5.74, 6) is 0.436. The highest BCUT2D eigenvalue weighted by molar-refractivity contribution is 6.38. The number of carbonyl (C=O) groups excluding carboxylic acids is 2. The Morgan fingerprint density at radius 2 is 1.53 bits per heavy atom. The van der Waals surface area contributed by atoms with Gasteiger partial charge in [0.2, 0.25) is 0 Å². The summed E-state index contributed by atoms with van der Waals surface area (Å²) in [6.45, 7) is 0. The van der Waals surface area contributed by atoms with Gasteiger partial charge in [0.15, 0.2) is 0 Å². The quantitative estimate of drug-likeness (QED) is 0.436. The van der Waals surface area contributed by atoms with Gasteiger partial charge in [-0.3, -0.25) is 14.9 Å². The number of fused-ring (bicyclic) bond motifs is 1. The van der Waals surface area contributed by atoms with Gasteiger partial charge in [-0.05, 0) is 30.3 Å². The number of nitrogens with one attached hydrogen (secondary N) is 3. The molecule has 0 saturated carbocycles. The number of para-hydroxylation sites is 2. The third-order valence-corrected chi connectivity index (χ3v) is 4.87. The van der Waals surface area contributed by atoms with Crippen LogP contribution in [0.3, 0.4) is 0 Å². The number of ether oxygens (including phenoxy) is 1. The second-order valence-electron chi connectivity index (χ2n) is 6.85. The van der Waals surface area contributed by atoms with Crippen LogP contribution < -0.4 is 15.4 Å². The number of amides is 2. The molecular formula is C24H17N3O3. The maximum absolute atomic E-state index is 12.6. The first-order chi connectivity index (χ1) is 14.7. The van der Waals surface area contributed by atoms with Crippen molar-refractivity contribution in [3.8, 4) is 11.5 Å². The number of benzene rings is 3. The first kappa shape index (κ1) is 17.8. The van der Waals surface area contributed by atoms with E-state index < -0.39 is 11.8 Å². The van der Waals surface area contributed by atoms with Gasteiger partial charge < -0.3 is 15.0 Å². The second kappa shape index (κ2) is 7.25. The fourth-order valence-corrected chi connectivity index (χ4v) is 3.52. The van der Waals surface area contributed by atoms with Gasteiger partial charge in [-0.15, -0.1) is 0 Å². The van der Waals surface area contributed by atoms with Crippen LogP contribution in [0, 0.1) is 0 Å². The molecular weight excluding hydrogens is 378 g/mol. The van der Waals surface area contributed by atoms with Gasteiger partial charge in [0, 0.05) is 34.4 Å². The summed E-state index contributed by atoms with van der Waals surface area (Å²) in [6, 6.07) is 24.3. The Bertz CT molecular complexity index is 1310. The van der Waals surface area contributed by atoms with Gasteiger partial charge >= 0.3 is 0 Å². The minimum Gasteiger partial charge on any atom is -0.457 e. The molecule has 0 fully saturated rings. The van der Waals surface area contributed by atoms with Gasteiger partial charge in [0.05, 0.1) is 5.57 Å². The number of imide groups is 1. The smallest absolute Gasteiger partial charge is 0.275 e. The third kappa shape index (κ3) is 3.20. The molecule has 0 radical (unpaired) electrons. The van der Waals surface area contributed by atoms with Crippen LogP contribution in [0.4, 0.5) is 5.69 Å². The zero-order chi connectivity index (χ0) is 20.5. The monoisotopic (exact) mass is 395 g/mol. The largest absolute Gasteiger partial charge is 0.457 e. The highest BCUT2D eigenvalue weighted by atomic mass is 16.5. The molecule has 0 atom stereocenters. The molecule has 1 aromatic heterocycles. The van der Waals surface area contributed by atoms with Crippen LogP contribution in [0.25, 0.3) is 16.5 Å². The molecule has 3 aromatic carbocycles. The average molecular weight is 395 g/mol. The molecule has 5 rings (SSSR count). The summed E-state index contributed by atoms with van der Waals surface area (Å²) >= 11 is 0. The summed E-state index contributed by atoms with van der Waals surface area (Å²) in [4.78, 5) is 28.2. The third-order valence-electron chi connectivity index (χ3n) is 4.87. The van der Waals surface area contributed by atoms with Crippen molar-refractivity contribution in [1.29, 1.82) is 0 Å². The fourth-order valence-electron chi connectivity index (χ4n) is 3.52. The molecule has 1 aliphatic rings. The normalized spacial score (nSPS) is 13.6. The van der Waals surface area contributed by atoms with E-state index in [0.717, 1.165) is 10.9 Å². The Balaban J connectivity index is 1.51. The van der Waals surface area contributed by atoms with E-state index >= 15 is 0 Å². The molecule has 3 N–H and O–H groups in total. The lowest BCUT2D eigenvalue weighted by Crippen LogP contribution is -2.24. The van der Waals surface area contributed by atoms with Crippen molar-refractivity contribution in [3.05, 3.63) is 96.3 Å².